The Morgan fingerprint density at radius 1 is 1.16 bits per heavy atom. The van der Waals surface area contributed by atoms with Crippen molar-refractivity contribution in [2.75, 3.05) is 0 Å². The SMILES string of the molecule is CCC1CCCC(N)(c2cccc3ccccc23)C1. The molecule has 1 heteroatoms. The van der Waals surface area contributed by atoms with Gasteiger partial charge in [-0.2, -0.15) is 0 Å². The molecule has 0 spiro atoms. The Kier molecular flexibility index (Phi) is 3.32. The van der Waals surface area contributed by atoms with E-state index in [-0.39, 0.29) is 5.54 Å². The Bertz CT molecular complexity index is 569. The molecule has 19 heavy (non-hydrogen) atoms. The first-order valence-electron chi connectivity index (χ1n) is 7.50. The van der Waals surface area contributed by atoms with Crippen LogP contribution in [0.15, 0.2) is 42.5 Å². The fraction of sp³-hybridized carbons (Fsp3) is 0.444. The van der Waals surface area contributed by atoms with Crippen LogP contribution in [0.5, 0.6) is 0 Å². The fourth-order valence-electron chi connectivity index (χ4n) is 3.68. The summed E-state index contributed by atoms with van der Waals surface area (Å²) in [5.74, 6) is 0.790. The minimum absolute atomic E-state index is 0.125. The van der Waals surface area contributed by atoms with E-state index in [0.717, 1.165) is 18.8 Å². The lowest BCUT2D eigenvalue weighted by molar-refractivity contribution is 0.223. The third kappa shape index (κ3) is 2.28. The molecule has 2 N–H and O–H groups in total. The molecule has 0 heterocycles. The maximum Gasteiger partial charge on any atom is 0.0418 e. The molecule has 2 unspecified atom stereocenters. The van der Waals surface area contributed by atoms with E-state index in [2.05, 4.69) is 49.4 Å². The second kappa shape index (κ2) is 4.97. The Morgan fingerprint density at radius 3 is 2.79 bits per heavy atom. The van der Waals surface area contributed by atoms with E-state index >= 15 is 0 Å². The van der Waals surface area contributed by atoms with Crippen molar-refractivity contribution in [3.63, 3.8) is 0 Å². The smallest absolute Gasteiger partial charge is 0.0418 e. The van der Waals surface area contributed by atoms with Crippen LogP contribution in [0, 0.1) is 5.92 Å². The number of benzene rings is 2. The molecule has 0 amide bonds. The number of nitrogens with two attached hydrogens (primary N) is 1. The predicted octanol–water partition coefficient (Wildman–Crippen LogP) is 4.59. The molecule has 100 valence electrons. The zero-order chi connectivity index (χ0) is 13.3. The molecule has 1 aliphatic rings. The van der Waals surface area contributed by atoms with Crippen LogP contribution in [-0.2, 0) is 5.54 Å². The lowest BCUT2D eigenvalue weighted by Gasteiger charge is -2.39. The van der Waals surface area contributed by atoms with E-state index in [9.17, 15) is 0 Å². The topological polar surface area (TPSA) is 26.0 Å². The molecule has 1 fully saturated rings. The second-order valence-corrected chi connectivity index (χ2v) is 6.05. The van der Waals surface area contributed by atoms with Crippen molar-refractivity contribution in [1.82, 2.24) is 0 Å². The van der Waals surface area contributed by atoms with Gasteiger partial charge in [0.25, 0.3) is 0 Å². The highest BCUT2D eigenvalue weighted by Gasteiger charge is 2.34. The first kappa shape index (κ1) is 12.7. The minimum atomic E-state index is -0.125. The molecule has 0 aliphatic heterocycles. The monoisotopic (exact) mass is 253 g/mol. The van der Waals surface area contributed by atoms with Gasteiger partial charge in [0, 0.05) is 5.54 Å². The van der Waals surface area contributed by atoms with Crippen LogP contribution in [0.1, 0.15) is 44.6 Å². The molecule has 0 aromatic heterocycles. The van der Waals surface area contributed by atoms with Gasteiger partial charge >= 0.3 is 0 Å². The van der Waals surface area contributed by atoms with E-state index in [1.165, 1.54) is 35.6 Å². The Labute approximate surface area is 115 Å². The Hall–Kier alpha value is -1.34. The van der Waals surface area contributed by atoms with Crippen LogP contribution in [0.4, 0.5) is 0 Å². The van der Waals surface area contributed by atoms with Crippen LogP contribution in [0.2, 0.25) is 0 Å². The van der Waals surface area contributed by atoms with E-state index in [1.807, 2.05) is 0 Å². The number of rotatable bonds is 2. The van der Waals surface area contributed by atoms with Crippen molar-refractivity contribution in [2.45, 2.75) is 44.6 Å². The number of hydrogen-bond donors (Lipinski definition) is 1. The second-order valence-electron chi connectivity index (χ2n) is 6.05. The molecular formula is C18H23N. The molecule has 2 atom stereocenters. The van der Waals surface area contributed by atoms with Gasteiger partial charge in [-0.15, -0.1) is 0 Å². The first-order chi connectivity index (χ1) is 9.23. The van der Waals surface area contributed by atoms with Crippen molar-refractivity contribution in [2.24, 2.45) is 11.7 Å². The quantitative estimate of drug-likeness (QED) is 0.832. The summed E-state index contributed by atoms with van der Waals surface area (Å²) in [4.78, 5) is 0. The summed E-state index contributed by atoms with van der Waals surface area (Å²) in [5, 5.41) is 2.65. The molecule has 2 aromatic rings. The summed E-state index contributed by atoms with van der Waals surface area (Å²) < 4.78 is 0. The molecule has 0 saturated heterocycles. The number of hydrogen-bond acceptors (Lipinski definition) is 1. The summed E-state index contributed by atoms with van der Waals surface area (Å²) in [6, 6.07) is 15.2. The summed E-state index contributed by atoms with van der Waals surface area (Å²) >= 11 is 0. The van der Waals surface area contributed by atoms with Crippen LogP contribution in [-0.4, -0.2) is 0 Å². The highest BCUT2D eigenvalue weighted by Crippen LogP contribution is 2.41. The third-order valence-electron chi connectivity index (χ3n) is 4.79. The maximum absolute atomic E-state index is 6.81. The lowest BCUT2D eigenvalue weighted by Crippen LogP contribution is -2.41. The zero-order valence-electron chi connectivity index (χ0n) is 11.7. The molecule has 1 nitrogen and oxygen atoms in total. The van der Waals surface area contributed by atoms with E-state index < -0.39 is 0 Å². The molecule has 0 bridgehead atoms. The van der Waals surface area contributed by atoms with Crippen LogP contribution >= 0.6 is 0 Å². The summed E-state index contributed by atoms with van der Waals surface area (Å²) in [6.07, 6.45) is 6.12. The van der Waals surface area contributed by atoms with Gasteiger partial charge in [-0.05, 0) is 35.1 Å². The molecule has 2 aromatic carbocycles. The molecule has 1 aliphatic carbocycles. The number of fused-ring (bicyclic) bond motifs is 1. The van der Waals surface area contributed by atoms with Crippen LogP contribution in [0.25, 0.3) is 10.8 Å². The minimum Gasteiger partial charge on any atom is -0.321 e. The van der Waals surface area contributed by atoms with Gasteiger partial charge in [0.2, 0.25) is 0 Å². The Balaban J connectivity index is 2.07. The maximum atomic E-state index is 6.81. The normalized spacial score (nSPS) is 27.6. The van der Waals surface area contributed by atoms with Gasteiger partial charge in [0.15, 0.2) is 0 Å². The van der Waals surface area contributed by atoms with Gasteiger partial charge < -0.3 is 5.73 Å². The fourth-order valence-corrected chi connectivity index (χ4v) is 3.68. The zero-order valence-corrected chi connectivity index (χ0v) is 11.7. The Morgan fingerprint density at radius 2 is 1.95 bits per heavy atom. The van der Waals surface area contributed by atoms with Crippen molar-refractivity contribution in [3.05, 3.63) is 48.0 Å². The van der Waals surface area contributed by atoms with Gasteiger partial charge in [-0.1, -0.05) is 68.7 Å². The van der Waals surface area contributed by atoms with Crippen molar-refractivity contribution in [1.29, 1.82) is 0 Å². The van der Waals surface area contributed by atoms with E-state index in [4.69, 9.17) is 5.73 Å². The molecule has 3 rings (SSSR count). The average molecular weight is 253 g/mol. The summed E-state index contributed by atoms with van der Waals surface area (Å²) in [7, 11) is 0. The van der Waals surface area contributed by atoms with E-state index in [1.54, 1.807) is 0 Å². The molecular weight excluding hydrogens is 230 g/mol. The van der Waals surface area contributed by atoms with E-state index in [0.29, 0.717) is 0 Å². The summed E-state index contributed by atoms with van der Waals surface area (Å²) in [5.41, 5.74) is 8.04. The molecule has 0 radical (unpaired) electrons. The van der Waals surface area contributed by atoms with Gasteiger partial charge in [-0.3, -0.25) is 0 Å². The largest absolute Gasteiger partial charge is 0.321 e. The van der Waals surface area contributed by atoms with Crippen LogP contribution < -0.4 is 5.73 Å². The summed E-state index contributed by atoms with van der Waals surface area (Å²) in [6.45, 7) is 2.29. The van der Waals surface area contributed by atoms with Gasteiger partial charge in [-0.25, -0.2) is 0 Å². The third-order valence-corrected chi connectivity index (χ3v) is 4.79. The van der Waals surface area contributed by atoms with Crippen molar-refractivity contribution in [3.8, 4) is 0 Å². The van der Waals surface area contributed by atoms with Crippen molar-refractivity contribution < 1.29 is 0 Å². The van der Waals surface area contributed by atoms with Gasteiger partial charge in [0.05, 0.1) is 0 Å². The first-order valence-corrected chi connectivity index (χ1v) is 7.50. The lowest BCUT2D eigenvalue weighted by atomic mass is 9.71. The standard InChI is InChI=1S/C18H23N/c1-2-14-7-6-12-18(19,13-14)17-11-5-9-15-8-3-4-10-16(15)17/h3-5,8-11,14H,2,6-7,12-13,19H2,1H3. The highest BCUT2D eigenvalue weighted by molar-refractivity contribution is 5.86. The molecule has 1 saturated carbocycles. The predicted molar refractivity (Wildman–Crippen MR) is 82.1 cm³/mol. The van der Waals surface area contributed by atoms with Crippen molar-refractivity contribution >= 4 is 10.8 Å². The highest BCUT2D eigenvalue weighted by atomic mass is 14.8. The van der Waals surface area contributed by atoms with Gasteiger partial charge in [0.1, 0.15) is 0 Å². The average Bonchev–Trinajstić information content (AvgIpc) is 2.46. The van der Waals surface area contributed by atoms with Crippen LogP contribution in [0.3, 0.4) is 0 Å².